The normalized spacial score (nSPS) is 27.6. The lowest BCUT2D eigenvalue weighted by molar-refractivity contribution is -0.142. The van der Waals surface area contributed by atoms with Gasteiger partial charge < -0.3 is 15.3 Å². The van der Waals surface area contributed by atoms with Gasteiger partial charge >= 0.3 is 12.0 Å². The summed E-state index contributed by atoms with van der Waals surface area (Å²) in [5.74, 6) is -1.20. The molecule has 1 aromatic rings. The molecular weight excluding hydrogens is 258 g/mol. The van der Waals surface area contributed by atoms with Gasteiger partial charge in [-0.05, 0) is 31.4 Å². The fourth-order valence-electron chi connectivity index (χ4n) is 3.33. The number of amides is 2. The highest BCUT2D eigenvalue weighted by molar-refractivity contribution is 5.79. The van der Waals surface area contributed by atoms with Gasteiger partial charge in [-0.25, -0.2) is 4.79 Å². The summed E-state index contributed by atoms with van der Waals surface area (Å²) in [7, 11) is 0. The molecule has 6 heteroatoms. The van der Waals surface area contributed by atoms with Crippen molar-refractivity contribution in [2.45, 2.75) is 37.9 Å². The third-order valence-corrected chi connectivity index (χ3v) is 4.24. The maximum Gasteiger partial charge on any atom is 0.318 e. The molecule has 3 heterocycles. The van der Waals surface area contributed by atoms with Crippen molar-refractivity contribution >= 4 is 12.0 Å². The Labute approximate surface area is 116 Å². The number of pyridine rings is 1. The third-order valence-electron chi connectivity index (χ3n) is 4.24. The van der Waals surface area contributed by atoms with E-state index in [0.29, 0.717) is 13.0 Å². The van der Waals surface area contributed by atoms with Gasteiger partial charge in [-0.2, -0.15) is 0 Å². The number of fused-ring (bicyclic) bond motifs is 2. The fourth-order valence-corrected chi connectivity index (χ4v) is 3.33. The number of urea groups is 1. The van der Waals surface area contributed by atoms with Gasteiger partial charge in [-0.15, -0.1) is 0 Å². The first-order chi connectivity index (χ1) is 9.66. The molecule has 3 atom stereocenters. The van der Waals surface area contributed by atoms with Crippen LogP contribution in [0.1, 0.15) is 25.0 Å². The molecule has 2 N–H and O–H groups in total. The topological polar surface area (TPSA) is 82.5 Å². The Kier molecular flexibility index (Phi) is 3.30. The first-order valence-corrected chi connectivity index (χ1v) is 6.85. The monoisotopic (exact) mass is 275 g/mol. The Bertz CT molecular complexity index is 520. The smallest absolute Gasteiger partial charge is 0.318 e. The first kappa shape index (κ1) is 12.9. The van der Waals surface area contributed by atoms with Crippen LogP contribution in [-0.2, 0) is 11.3 Å². The van der Waals surface area contributed by atoms with Gasteiger partial charge in [-0.3, -0.25) is 9.78 Å². The Balaban J connectivity index is 1.62. The molecule has 20 heavy (non-hydrogen) atoms. The summed E-state index contributed by atoms with van der Waals surface area (Å²) in [6.45, 7) is 0.368. The van der Waals surface area contributed by atoms with Crippen LogP contribution >= 0.6 is 0 Å². The summed E-state index contributed by atoms with van der Waals surface area (Å²) < 4.78 is 0. The molecule has 2 amide bonds. The zero-order valence-electron chi connectivity index (χ0n) is 11.0. The van der Waals surface area contributed by atoms with Gasteiger partial charge in [-0.1, -0.05) is 6.07 Å². The van der Waals surface area contributed by atoms with Crippen molar-refractivity contribution in [1.29, 1.82) is 0 Å². The van der Waals surface area contributed by atoms with Crippen LogP contribution < -0.4 is 5.32 Å². The lowest BCUT2D eigenvalue weighted by Crippen LogP contribution is -2.44. The van der Waals surface area contributed by atoms with Gasteiger partial charge in [0.2, 0.25) is 0 Å². The van der Waals surface area contributed by atoms with E-state index < -0.39 is 11.9 Å². The molecule has 2 bridgehead atoms. The lowest BCUT2D eigenvalue weighted by atomic mass is 9.89. The number of carboxylic acid groups (broad SMARTS) is 1. The van der Waals surface area contributed by atoms with Crippen LogP contribution in [0.5, 0.6) is 0 Å². The van der Waals surface area contributed by atoms with E-state index in [1.807, 2.05) is 18.2 Å². The molecule has 2 saturated heterocycles. The molecule has 2 fully saturated rings. The van der Waals surface area contributed by atoms with E-state index >= 15 is 0 Å². The standard InChI is InChI=1S/C14H17N3O3/c18-13(19)11-7-10-4-5-12(11)17(10)14(20)16-8-9-3-1-2-6-15-9/h1-3,6,10-12H,4-5,7-8H2,(H,16,20)(H,18,19). The summed E-state index contributed by atoms with van der Waals surface area (Å²) >= 11 is 0. The van der Waals surface area contributed by atoms with Crippen molar-refractivity contribution in [3.05, 3.63) is 30.1 Å². The molecule has 0 aliphatic carbocycles. The highest BCUT2D eigenvalue weighted by Gasteiger charge is 2.51. The quantitative estimate of drug-likeness (QED) is 0.869. The second kappa shape index (κ2) is 5.11. The van der Waals surface area contributed by atoms with Crippen LogP contribution in [0.2, 0.25) is 0 Å². The van der Waals surface area contributed by atoms with Gasteiger partial charge in [0.05, 0.1) is 18.2 Å². The van der Waals surface area contributed by atoms with E-state index in [2.05, 4.69) is 10.3 Å². The summed E-state index contributed by atoms with van der Waals surface area (Å²) in [6, 6.07) is 5.29. The molecule has 1 aromatic heterocycles. The number of hydrogen-bond acceptors (Lipinski definition) is 3. The van der Waals surface area contributed by atoms with E-state index in [0.717, 1.165) is 18.5 Å². The average molecular weight is 275 g/mol. The lowest BCUT2D eigenvalue weighted by Gasteiger charge is -2.23. The van der Waals surface area contributed by atoms with Gasteiger partial charge in [0.25, 0.3) is 0 Å². The predicted octanol–water partition coefficient (Wildman–Crippen LogP) is 1.23. The highest BCUT2D eigenvalue weighted by Crippen LogP contribution is 2.41. The number of aliphatic carboxylic acids is 1. The second-order valence-corrected chi connectivity index (χ2v) is 5.37. The summed E-state index contributed by atoms with van der Waals surface area (Å²) in [6.07, 6.45) is 3.96. The molecule has 2 aliphatic heterocycles. The second-order valence-electron chi connectivity index (χ2n) is 5.37. The summed E-state index contributed by atoms with van der Waals surface area (Å²) in [5.41, 5.74) is 0.794. The maximum absolute atomic E-state index is 12.2. The largest absolute Gasteiger partial charge is 0.481 e. The molecule has 106 valence electrons. The molecule has 0 spiro atoms. The maximum atomic E-state index is 12.2. The molecule has 3 rings (SSSR count). The molecule has 6 nitrogen and oxygen atoms in total. The summed E-state index contributed by atoms with van der Waals surface area (Å²) in [5, 5.41) is 12.0. The number of carbonyl (C=O) groups excluding carboxylic acids is 1. The predicted molar refractivity (Wildman–Crippen MR) is 70.9 cm³/mol. The SMILES string of the molecule is O=C(O)C1CC2CCC1N2C(=O)NCc1ccccn1. The van der Waals surface area contributed by atoms with Crippen molar-refractivity contribution in [3.63, 3.8) is 0 Å². The molecular formula is C14H17N3O3. The molecule has 0 saturated carbocycles. The molecule has 0 radical (unpaired) electrons. The van der Waals surface area contributed by atoms with Crippen molar-refractivity contribution in [2.75, 3.05) is 0 Å². The minimum absolute atomic E-state index is 0.0739. The Morgan fingerprint density at radius 1 is 1.40 bits per heavy atom. The number of rotatable bonds is 3. The average Bonchev–Trinajstić information content (AvgIpc) is 3.03. The van der Waals surface area contributed by atoms with Crippen molar-refractivity contribution < 1.29 is 14.7 Å². The van der Waals surface area contributed by atoms with E-state index in [9.17, 15) is 14.7 Å². The van der Waals surface area contributed by atoms with Crippen molar-refractivity contribution in [3.8, 4) is 0 Å². The summed E-state index contributed by atoms with van der Waals surface area (Å²) in [4.78, 5) is 29.3. The van der Waals surface area contributed by atoms with Crippen LogP contribution in [-0.4, -0.2) is 39.1 Å². The number of nitrogens with one attached hydrogen (secondary N) is 1. The van der Waals surface area contributed by atoms with Crippen LogP contribution in [0.3, 0.4) is 0 Å². The van der Waals surface area contributed by atoms with E-state index in [1.165, 1.54) is 0 Å². The number of carboxylic acids is 1. The minimum atomic E-state index is -0.792. The van der Waals surface area contributed by atoms with Crippen LogP contribution in [0.4, 0.5) is 4.79 Å². The van der Waals surface area contributed by atoms with E-state index in [1.54, 1.807) is 11.1 Å². The zero-order valence-corrected chi connectivity index (χ0v) is 11.0. The first-order valence-electron chi connectivity index (χ1n) is 6.85. The number of hydrogen-bond donors (Lipinski definition) is 2. The highest BCUT2D eigenvalue weighted by atomic mass is 16.4. The van der Waals surface area contributed by atoms with Gasteiger partial charge in [0.1, 0.15) is 0 Å². The number of carbonyl (C=O) groups is 2. The minimum Gasteiger partial charge on any atom is -0.481 e. The zero-order chi connectivity index (χ0) is 14.1. The van der Waals surface area contributed by atoms with E-state index in [4.69, 9.17) is 0 Å². The van der Waals surface area contributed by atoms with Crippen molar-refractivity contribution in [2.24, 2.45) is 5.92 Å². The Morgan fingerprint density at radius 3 is 2.90 bits per heavy atom. The van der Waals surface area contributed by atoms with Gasteiger partial charge in [0, 0.05) is 18.3 Å². The molecule has 3 unspecified atom stereocenters. The van der Waals surface area contributed by atoms with Crippen molar-refractivity contribution in [1.82, 2.24) is 15.2 Å². The third kappa shape index (κ3) is 2.21. The van der Waals surface area contributed by atoms with E-state index in [-0.39, 0.29) is 18.1 Å². The Hall–Kier alpha value is -2.11. The molecule has 2 aliphatic rings. The molecule has 0 aromatic carbocycles. The Morgan fingerprint density at radius 2 is 2.25 bits per heavy atom. The fraction of sp³-hybridized carbons (Fsp3) is 0.500. The van der Waals surface area contributed by atoms with Gasteiger partial charge in [0.15, 0.2) is 0 Å². The van der Waals surface area contributed by atoms with Crippen LogP contribution in [0.25, 0.3) is 0 Å². The number of aromatic nitrogens is 1. The van der Waals surface area contributed by atoms with Crippen LogP contribution in [0.15, 0.2) is 24.4 Å². The van der Waals surface area contributed by atoms with Crippen LogP contribution in [0, 0.1) is 5.92 Å². The number of nitrogens with zero attached hydrogens (tertiary/aromatic N) is 2.